The molecule has 1 amide bonds. The van der Waals surface area contributed by atoms with E-state index >= 15 is 0 Å². The maximum atomic E-state index is 12.3. The maximum absolute atomic E-state index is 12.3. The van der Waals surface area contributed by atoms with E-state index in [2.05, 4.69) is 5.32 Å². The number of rotatable bonds is 5. The Hall–Kier alpha value is -1.55. The van der Waals surface area contributed by atoms with Gasteiger partial charge in [-0.25, -0.2) is 0 Å². The van der Waals surface area contributed by atoms with Gasteiger partial charge in [0.05, 0.1) is 13.0 Å². The quantitative estimate of drug-likeness (QED) is 0.874. The molecule has 0 aromatic heterocycles. The maximum Gasteiger partial charge on any atom is 0.224 e. The zero-order valence-electron chi connectivity index (χ0n) is 13.0. The molecule has 2 rings (SSSR count). The second-order valence-electron chi connectivity index (χ2n) is 6.19. The summed E-state index contributed by atoms with van der Waals surface area (Å²) in [7, 11) is 1.66. The summed E-state index contributed by atoms with van der Waals surface area (Å²) in [6.07, 6.45) is 4.89. The van der Waals surface area contributed by atoms with Gasteiger partial charge in [0.2, 0.25) is 5.91 Å². The molecule has 0 radical (unpaired) electrons. The van der Waals surface area contributed by atoms with Crippen molar-refractivity contribution in [2.45, 2.75) is 44.6 Å². The fraction of sp³-hybridized carbons (Fsp3) is 0.588. The van der Waals surface area contributed by atoms with Crippen molar-refractivity contribution in [1.82, 2.24) is 5.32 Å². The van der Waals surface area contributed by atoms with Crippen molar-refractivity contribution < 1.29 is 9.53 Å². The molecule has 1 aromatic rings. The van der Waals surface area contributed by atoms with Gasteiger partial charge in [0, 0.05) is 12.1 Å². The fourth-order valence-electron chi connectivity index (χ4n) is 3.03. The van der Waals surface area contributed by atoms with E-state index in [1.807, 2.05) is 31.2 Å². The molecule has 1 aromatic carbocycles. The molecule has 0 saturated heterocycles. The first-order chi connectivity index (χ1) is 10.0. The topological polar surface area (TPSA) is 64.3 Å². The van der Waals surface area contributed by atoms with Crippen molar-refractivity contribution >= 4 is 5.91 Å². The van der Waals surface area contributed by atoms with Crippen molar-refractivity contribution in [3.05, 3.63) is 29.8 Å². The van der Waals surface area contributed by atoms with Crippen LogP contribution in [0.3, 0.4) is 0 Å². The number of amides is 1. The number of ether oxygens (including phenoxy) is 1. The van der Waals surface area contributed by atoms with Crippen LogP contribution in [0.5, 0.6) is 5.75 Å². The molecule has 1 aliphatic rings. The number of nitrogens with two attached hydrogens (primary N) is 1. The lowest BCUT2D eigenvalue weighted by Gasteiger charge is -2.37. The second kappa shape index (κ2) is 6.94. The number of benzene rings is 1. The minimum Gasteiger partial charge on any atom is -0.497 e. The Labute approximate surface area is 127 Å². The number of hydrogen-bond donors (Lipinski definition) is 2. The Balaban J connectivity index is 1.80. The zero-order chi connectivity index (χ0) is 15.3. The van der Waals surface area contributed by atoms with Gasteiger partial charge in [-0.15, -0.1) is 0 Å². The lowest BCUT2D eigenvalue weighted by molar-refractivity contribution is -0.128. The highest BCUT2D eigenvalue weighted by Gasteiger charge is 2.37. The van der Waals surface area contributed by atoms with Crippen LogP contribution in [-0.4, -0.2) is 25.1 Å². The third-order valence-corrected chi connectivity index (χ3v) is 4.44. The molecule has 116 valence electrons. The molecule has 2 unspecified atom stereocenters. The van der Waals surface area contributed by atoms with Crippen LogP contribution in [0, 0.1) is 5.92 Å². The molecule has 0 spiro atoms. The van der Waals surface area contributed by atoms with Gasteiger partial charge in [-0.2, -0.15) is 0 Å². The van der Waals surface area contributed by atoms with Crippen molar-refractivity contribution in [2.24, 2.45) is 11.7 Å². The van der Waals surface area contributed by atoms with Crippen molar-refractivity contribution in [3.8, 4) is 5.75 Å². The van der Waals surface area contributed by atoms with Crippen LogP contribution < -0.4 is 15.8 Å². The minimum atomic E-state index is -0.359. The van der Waals surface area contributed by atoms with E-state index in [4.69, 9.17) is 10.5 Å². The van der Waals surface area contributed by atoms with Gasteiger partial charge in [-0.1, -0.05) is 25.0 Å². The molecule has 1 saturated carbocycles. The van der Waals surface area contributed by atoms with Gasteiger partial charge in [-0.05, 0) is 43.9 Å². The summed E-state index contributed by atoms with van der Waals surface area (Å²) in [5.74, 6) is 0.902. The first-order valence-electron chi connectivity index (χ1n) is 7.72. The Kier molecular flexibility index (Phi) is 5.23. The van der Waals surface area contributed by atoms with Crippen molar-refractivity contribution in [2.75, 3.05) is 13.7 Å². The molecule has 21 heavy (non-hydrogen) atoms. The van der Waals surface area contributed by atoms with Crippen LogP contribution in [0.15, 0.2) is 24.3 Å². The highest BCUT2D eigenvalue weighted by molar-refractivity contribution is 5.80. The molecule has 1 aliphatic carbocycles. The summed E-state index contributed by atoms with van der Waals surface area (Å²) in [5.41, 5.74) is 7.09. The molecular weight excluding hydrogens is 264 g/mol. The third kappa shape index (κ3) is 4.21. The number of carbonyl (C=O) groups is 1. The Bertz CT molecular complexity index is 468. The molecule has 0 bridgehead atoms. The van der Waals surface area contributed by atoms with Gasteiger partial charge in [0.25, 0.3) is 0 Å². The molecule has 2 atom stereocenters. The van der Waals surface area contributed by atoms with Crippen molar-refractivity contribution in [1.29, 1.82) is 0 Å². The van der Waals surface area contributed by atoms with Crippen LogP contribution in [0.1, 0.15) is 38.2 Å². The standard InChI is InChI=1S/C17H26N2O2/c1-17(18)11-4-3-5-15(17)16(20)19-12-10-13-6-8-14(21-2)9-7-13/h6-9,15H,3-5,10-12,18H2,1-2H3,(H,19,20). The zero-order valence-corrected chi connectivity index (χ0v) is 13.0. The van der Waals surface area contributed by atoms with E-state index in [1.54, 1.807) is 7.11 Å². The van der Waals surface area contributed by atoms with E-state index in [1.165, 1.54) is 5.56 Å². The van der Waals surface area contributed by atoms with Crippen molar-refractivity contribution in [3.63, 3.8) is 0 Å². The summed E-state index contributed by atoms with van der Waals surface area (Å²) in [5, 5.41) is 3.03. The largest absolute Gasteiger partial charge is 0.497 e. The summed E-state index contributed by atoms with van der Waals surface area (Å²) in [6.45, 7) is 2.65. The predicted molar refractivity (Wildman–Crippen MR) is 84.3 cm³/mol. The van der Waals surface area contributed by atoms with Gasteiger partial charge >= 0.3 is 0 Å². The normalized spacial score (nSPS) is 25.4. The Morgan fingerprint density at radius 3 is 2.71 bits per heavy atom. The van der Waals surface area contributed by atoms with Gasteiger partial charge < -0.3 is 15.8 Å². The van der Waals surface area contributed by atoms with Crippen LogP contribution in [0.2, 0.25) is 0 Å². The predicted octanol–water partition coefficient (Wildman–Crippen LogP) is 2.26. The lowest BCUT2D eigenvalue weighted by Crippen LogP contribution is -2.53. The first-order valence-corrected chi connectivity index (χ1v) is 7.72. The molecule has 3 N–H and O–H groups in total. The molecule has 0 heterocycles. The highest BCUT2D eigenvalue weighted by atomic mass is 16.5. The number of carbonyl (C=O) groups excluding carboxylic acids is 1. The van der Waals surface area contributed by atoms with Crippen LogP contribution >= 0.6 is 0 Å². The molecular formula is C17H26N2O2. The molecule has 0 aliphatic heterocycles. The molecule has 4 heteroatoms. The Morgan fingerprint density at radius 1 is 1.38 bits per heavy atom. The number of nitrogens with one attached hydrogen (secondary N) is 1. The second-order valence-corrected chi connectivity index (χ2v) is 6.19. The average molecular weight is 290 g/mol. The van der Waals surface area contributed by atoms with E-state index < -0.39 is 0 Å². The SMILES string of the molecule is COc1ccc(CCNC(=O)C2CCCCC2(C)N)cc1. The van der Waals surface area contributed by atoms with Gasteiger partial charge in [-0.3, -0.25) is 4.79 Å². The summed E-state index contributed by atoms with van der Waals surface area (Å²) in [6, 6.07) is 7.93. The smallest absolute Gasteiger partial charge is 0.224 e. The van der Waals surface area contributed by atoms with E-state index in [-0.39, 0.29) is 17.4 Å². The minimum absolute atomic E-state index is 0.0536. The first kappa shape index (κ1) is 15.8. The van der Waals surface area contributed by atoms with Crippen LogP contribution in [0.25, 0.3) is 0 Å². The third-order valence-electron chi connectivity index (χ3n) is 4.44. The Morgan fingerprint density at radius 2 is 2.10 bits per heavy atom. The van der Waals surface area contributed by atoms with E-state index in [9.17, 15) is 4.79 Å². The highest BCUT2D eigenvalue weighted by Crippen LogP contribution is 2.31. The molecule has 1 fully saturated rings. The number of methoxy groups -OCH3 is 1. The summed E-state index contributed by atoms with van der Waals surface area (Å²) >= 11 is 0. The summed E-state index contributed by atoms with van der Waals surface area (Å²) in [4.78, 5) is 12.3. The van der Waals surface area contributed by atoms with Crippen LogP contribution in [-0.2, 0) is 11.2 Å². The van der Waals surface area contributed by atoms with E-state index in [0.29, 0.717) is 6.54 Å². The van der Waals surface area contributed by atoms with E-state index in [0.717, 1.165) is 37.9 Å². The number of hydrogen-bond acceptors (Lipinski definition) is 3. The van der Waals surface area contributed by atoms with Gasteiger partial charge in [0.15, 0.2) is 0 Å². The molecule has 4 nitrogen and oxygen atoms in total. The van der Waals surface area contributed by atoms with Crippen LogP contribution in [0.4, 0.5) is 0 Å². The monoisotopic (exact) mass is 290 g/mol. The lowest BCUT2D eigenvalue weighted by atomic mass is 9.74. The average Bonchev–Trinajstić information content (AvgIpc) is 2.47. The fourth-order valence-corrected chi connectivity index (χ4v) is 3.03. The summed E-state index contributed by atoms with van der Waals surface area (Å²) < 4.78 is 5.13. The van der Waals surface area contributed by atoms with Gasteiger partial charge in [0.1, 0.15) is 5.75 Å².